The molecule has 21 heavy (non-hydrogen) atoms. The Kier molecular flexibility index (Phi) is 4.99. The Morgan fingerprint density at radius 1 is 1.33 bits per heavy atom. The molecule has 4 heteroatoms. The summed E-state index contributed by atoms with van der Waals surface area (Å²) in [5.74, 6) is 0.192. The van der Waals surface area contributed by atoms with Gasteiger partial charge in [-0.25, -0.2) is 4.98 Å². The second-order valence-corrected chi connectivity index (χ2v) is 5.53. The molecular formula is C17H25N3O. The van der Waals surface area contributed by atoms with Gasteiger partial charge in [0.15, 0.2) is 0 Å². The van der Waals surface area contributed by atoms with Crippen molar-refractivity contribution in [1.82, 2.24) is 14.3 Å². The fraction of sp³-hybridized carbons (Fsp3) is 0.529. The summed E-state index contributed by atoms with van der Waals surface area (Å²) in [5, 5.41) is 0. The summed E-state index contributed by atoms with van der Waals surface area (Å²) in [7, 11) is 0. The van der Waals surface area contributed by atoms with E-state index in [0.29, 0.717) is 6.42 Å². The number of unbranched alkanes of at least 4 members (excludes halogenated alkanes) is 1. The van der Waals surface area contributed by atoms with Crippen LogP contribution in [0, 0.1) is 13.8 Å². The first-order valence-corrected chi connectivity index (χ1v) is 7.79. The van der Waals surface area contributed by atoms with Gasteiger partial charge >= 0.3 is 0 Å². The first-order chi connectivity index (χ1) is 10.1. The molecule has 0 aliphatic heterocycles. The average molecular weight is 287 g/mol. The van der Waals surface area contributed by atoms with E-state index in [-0.39, 0.29) is 5.91 Å². The number of carbonyl (C=O) groups is 1. The van der Waals surface area contributed by atoms with E-state index in [4.69, 9.17) is 0 Å². The van der Waals surface area contributed by atoms with Crippen molar-refractivity contribution >= 4 is 11.6 Å². The summed E-state index contributed by atoms with van der Waals surface area (Å²) >= 11 is 0. The monoisotopic (exact) mass is 287 g/mol. The summed E-state index contributed by atoms with van der Waals surface area (Å²) in [4.78, 5) is 19.1. The van der Waals surface area contributed by atoms with Crippen molar-refractivity contribution in [2.45, 2.75) is 47.0 Å². The molecule has 0 saturated carbocycles. The molecule has 0 radical (unpaired) electrons. The van der Waals surface area contributed by atoms with Crippen LogP contribution in [-0.4, -0.2) is 33.3 Å². The minimum absolute atomic E-state index is 0.192. The van der Waals surface area contributed by atoms with E-state index in [2.05, 4.69) is 16.3 Å². The van der Waals surface area contributed by atoms with Gasteiger partial charge in [0.25, 0.3) is 0 Å². The molecule has 0 aliphatic carbocycles. The predicted octanol–water partition coefficient (Wildman–Crippen LogP) is 3.14. The van der Waals surface area contributed by atoms with Crippen LogP contribution in [0.15, 0.2) is 18.3 Å². The molecule has 0 aliphatic rings. The number of carbonyl (C=O) groups excluding carboxylic acids is 1. The van der Waals surface area contributed by atoms with Crippen LogP contribution in [0.2, 0.25) is 0 Å². The summed E-state index contributed by atoms with van der Waals surface area (Å²) in [5.41, 5.74) is 4.05. The van der Waals surface area contributed by atoms with Gasteiger partial charge < -0.3 is 9.30 Å². The van der Waals surface area contributed by atoms with Gasteiger partial charge in [0.05, 0.1) is 17.8 Å². The van der Waals surface area contributed by atoms with Gasteiger partial charge in [0.2, 0.25) is 5.91 Å². The number of aromatic nitrogens is 2. The SMILES string of the molecule is CCCCN(CC)C(=O)Cc1c(C)nc2c(C)cccn12. The lowest BCUT2D eigenvalue weighted by Crippen LogP contribution is -2.33. The van der Waals surface area contributed by atoms with Gasteiger partial charge in [0.1, 0.15) is 5.65 Å². The number of likely N-dealkylation sites (N-methyl/N-ethyl adjacent to an activating group) is 1. The smallest absolute Gasteiger partial charge is 0.228 e. The average Bonchev–Trinajstić information content (AvgIpc) is 2.78. The molecule has 4 nitrogen and oxygen atoms in total. The van der Waals surface area contributed by atoms with Crippen molar-refractivity contribution in [1.29, 1.82) is 0 Å². The van der Waals surface area contributed by atoms with Crippen molar-refractivity contribution < 1.29 is 4.79 Å². The molecule has 2 aromatic rings. The topological polar surface area (TPSA) is 37.6 Å². The van der Waals surface area contributed by atoms with Gasteiger partial charge in [0, 0.05) is 19.3 Å². The Hall–Kier alpha value is -1.84. The van der Waals surface area contributed by atoms with Crippen LogP contribution in [0.3, 0.4) is 0 Å². The first-order valence-electron chi connectivity index (χ1n) is 7.79. The molecule has 0 fully saturated rings. The second-order valence-electron chi connectivity index (χ2n) is 5.53. The fourth-order valence-corrected chi connectivity index (χ4v) is 2.64. The lowest BCUT2D eigenvalue weighted by atomic mass is 10.2. The lowest BCUT2D eigenvalue weighted by Gasteiger charge is -2.20. The third kappa shape index (κ3) is 3.26. The molecule has 0 N–H and O–H groups in total. The fourth-order valence-electron chi connectivity index (χ4n) is 2.64. The maximum atomic E-state index is 12.5. The van der Waals surface area contributed by atoms with Crippen LogP contribution in [0.1, 0.15) is 43.6 Å². The molecule has 2 rings (SSSR count). The molecule has 114 valence electrons. The molecule has 0 aromatic carbocycles. The Balaban J connectivity index is 2.25. The summed E-state index contributed by atoms with van der Waals surface area (Å²) in [6.45, 7) is 9.84. The van der Waals surface area contributed by atoms with E-state index in [1.54, 1.807) is 0 Å². The van der Waals surface area contributed by atoms with E-state index in [1.165, 1.54) is 0 Å². The van der Waals surface area contributed by atoms with E-state index >= 15 is 0 Å². The van der Waals surface area contributed by atoms with Crippen molar-refractivity contribution in [2.24, 2.45) is 0 Å². The van der Waals surface area contributed by atoms with Crippen molar-refractivity contribution in [3.63, 3.8) is 0 Å². The number of rotatable bonds is 6. The third-order valence-corrected chi connectivity index (χ3v) is 3.98. The second kappa shape index (κ2) is 6.74. The van der Waals surface area contributed by atoms with Crippen LogP contribution < -0.4 is 0 Å². The zero-order valence-electron chi connectivity index (χ0n) is 13.5. The van der Waals surface area contributed by atoms with E-state index in [0.717, 1.165) is 48.5 Å². The number of nitrogens with zero attached hydrogens (tertiary/aromatic N) is 3. The van der Waals surface area contributed by atoms with Crippen molar-refractivity contribution in [3.05, 3.63) is 35.3 Å². The molecule has 1 amide bonds. The van der Waals surface area contributed by atoms with E-state index < -0.39 is 0 Å². The Morgan fingerprint density at radius 3 is 2.76 bits per heavy atom. The van der Waals surface area contributed by atoms with Crippen LogP contribution in [0.4, 0.5) is 0 Å². The molecular weight excluding hydrogens is 262 g/mol. The zero-order valence-corrected chi connectivity index (χ0v) is 13.5. The summed E-state index contributed by atoms with van der Waals surface area (Å²) in [6, 6.07) is 4.05. The van der Waals surface area contributed by atoms with Gasteiger partial charge in [-0.05, 0) is 38.8 Å². The minimum Gasteiger partial charge on any atom is -0.343 e. The van der Waals surface area contributed by atoms with E-state index in [9.17, 15) is 4.79 Å². The summed E-state index contributed by atoms with van der Waals surface area (Å²) < 4.78 is 2.05. The molecule has 0 atom stereocenters. The Bertz CT molecular complexity index is 630. The molecule has 0 saturated heterocycles. The largest absolute Gasteiger partial charge is 0.343 e. The minimum atomic E-state index is 0.192. The number of imidazole rings is 1. The Morgan fingerprint density at radius 2 is 2.10 bits per heavy atom. The third-order valence-electron chi connectivity index (χ3n) is 3.98. The standard InChI is InChI=1S/C17H25N3O/c1-5-7-10-19(6-2)16(21)12-15-14(4)18-17-13(3)9-8-11-20(15)17/h8-9,11H,5-7,10,12H2,1-4H3. The van der Waals surface area contributed by atoms with Gasteiger partial charge in [-0.2, -0.15) is 0 Å². The summed E-state index contributed by atoms with van der Waals surface area (Å²) in [6.07, 6.45) is 4.59. The van der Waals surface area contributed by atoms with Gasteiger partial charge in [-0.1, -0.05) is 19.4 Å². The number of amides is 1. The Labute approximate surface area is 126 Å². The lowest BCUT2D eigenvalue weighted by molar-refractivity contribution is -0.130. The molecule has 2 aromatic heterocycles. The van der Waals surface area contributed by atoms with Crippen LogP contribution >= 0.6 is 0 Å². The zero-order chi connectivity index (χ0) is 15.4. The van der Waals surface area contributed by atoms with Crippen LogP contribution in [-0.2, 0) is 11.2 Å². The van der Waals surface area contributed by atoms with Crippen LogP contribution in [0.5, 0.6) is 0 Å². The van der Waals surface area contributed by atoms with Crippen molar-refractivity contribution in [2.75, 3.05) is 13.1 Å². The van der Waals surface area contributed by atoms with Crippen LogP contribution in [0.25, 0.3) is 5.65 Å². The highest BCUT2D eigenvalue weighted by atomic mass is 16.2. The maximum absolute atomic E-state index is 12.5. The van der Waals surface area contributed by atoms with Gasteiger partial charge in [-0.15, -0.1) is 0 Å². The number of hydrogen-bond donors (Lipinski definition) is 0. The van der Waals surface area contributed by atoms with Gasteiger partial charge in [-0.3, -0.25) is 4.79 Å². The number of aryl methyl sites for hydroxylation is 2. The van der Waals surface area contributed by atoms with E-state index in [1.807, 2.05) is 44.0 Å². The highest BCUT2D eigenvalue weighted by Gasteiger charge is 2.17. The molecule has 2 heterocycles. The highest BCUT2D eigenvalue weighted by Crippen LogP contribution is 2.16. The number of pyridine rings is 1. The number of hydrogen-bond acceptors (Lipinski definition) is 2. The highest BCUT2D eigenvalue weighted by molar-refractivity contribution is 5.79. The van der Waals surface area contributed by atoms with Crippen molar-refractivity contribution in [3.8, 4) is 0 Å². The molecule has 0 bridgehead atoms. The normalized spacial score (nSPS) is 11.0. The predicted molar refractivity (Wildman–Crippen MR) is 85.5 cm³/mol. The first kappa shape index (κ1) is 15.5. The quantitative estimate of drug-likeness (QED) is 0.818. The molecule has 0 spiro atoms. The number of fused-ring (bicyclic) bond motifs is 1. The maximum Gasteiger partial charge on any atom is 0.228 e. The molecule has 0 unspecified atom stereocenters.